The van der Waals surface area contributed by atoms with E-state index in [9.17, 15) is 0 Å². The van der Waals surface area contributed by atoms with Crippen molar-refractivity contribution in [2.45, 2.75) is 0 Å². The lowest BCUT2D eigenvalue weighted by Gasteiger charge is -2.26. The van der Waals surface area contributed by atoms with E-state index in [2.05, 4.69) is 354 Å². The summed E-state index contributed by atoms with van der Waals surface area (Å²) in [5, 5.41) is 0. The fourth-order valence-electron chi connectivity index (χ4n) is 12.4. The number of ether oxygens (including phenoxy) is 2. The van der Waals surface area contributed by atoms with Gasteiger partial charge in [0.05, 0.1) is 0 Å². The number of para-hydroxylation sites is 3. The Bertz CT molecular complexity index is 4550. The maximum atomic E-state index is 6.55. The molecule has 0 unspecified atom stereocenters. The van der Waals surface area contributed by atoms with Crippen molar-refractivity contribution in [1.82, 2.24) is 0 Å². The summed E-state index contributed by atoms with van der Waals surface area (Å²) < 4.78 is 13.1. The molecule has 0 bridgehead atoms. The van der Waals surface area contributed by atoms with E-state index in [4.69, 9.17) is 9.47 Å². The van der Waals surface area contributed by atoms with E-state index in [0.717, 1.165) is 96.4 Å². The lowest BCUT2D eigenvalue weighted by Crippen LogP contribution is -2.10. The highest BCUT2D eigenvalue weighted by atomic mass is 16.5. The van der Waals surface area contributed by atoms with Gasteiger partial charge < -0.3 is 24.2 Å². The molecule has 452 valence electrons. The summed E-state index contributed by atoms with van der Waals surface area (Å²) in [5.41, 5.74) is 23.4. The predicted molar refractivity (Wildman–Crippen MR) is 396 cm³/mol. The van der Waals surface area contributed by atoms with Gasteiger partial charge in [0.1, 0.15) is 23.0 Å². The molecule has 0 aliphatic carbocycles. The summed E-state index contributed by atoms with van der Waals surface area (Å²) in [6.45, 7) is 0. The topological polar surface area (TPSA) is 28.2 Å². The second-order valence-corrected chi connectivity index (χ2v) is 23.3. The highest BCUT2D eigenvalue weighted by molar-refractivity contribution is 5.86. The van der Waals surface area contributed by atoms with Gasteiger partial charge in [-0.3, -0.25) is 0 Å². The molecule has 0 saturated heterocycles. The molecule has 5 nitrogen and oxygen atoms in total. The smallest absolute Gasteiger partial charge is 0.127 e. The number of rotatable bonds is 19. The van der Waals surface area contributed by atoms with Crippen LogP contribution in [0.3, 0.4) is 0 Å². The molecule has 5 heteroatoms. The molecular formula is C90H65N3O2. The van der Waals surface area contributed by atoms with Crippen LogP contribution in [0.2, 0.25) is 0 Å². The van der Waals surface area contributed by atoms with E-state index in [1.165, 1.54) is 44.5 Å². The zero-order chi connectivity index (χ0) is 63.5. The molecule has 0 N–H and O–H groups in total. The van der Waals surface area contributed by atoms with Gasteiger partial charge >= 0.3 is 0 Å². The van der Waals surface area contributed by atoms with Gasteiger partial charge in [0.15, 0.2) is 0 Å². The van der Waals surface area contributed by atoms with Crippen LogP contribution in [0, 0.1) is 0 Å². The molecule has 0 atom stereocenters. The van der Waals surface area contributed by atoms with E-state index in [1.807, 2.05) is 54.6 Å². The number of nitrogens with zero attached hydrogens (tertiary/aromatic N) is 3. The average molecular weight is 1220 g/mol. The molecule has 0 heterocycles. The highest BCUT2D eigenvalue weighted by Crippen LogP contribution is 2.43. The molecule has 0 saturated carbocycles. The number of anilines is 9. The Morgan fingerprint density at radius 2 is 0.274 bits per heavy atom. The minimum Gasteiger partial charge on any atom is -0.457 e. The van der Waals surface area contributed by atoms with Crippen molar-refractivity contribution < 1.29 is 9.47 Å². The zero-order valence-electron chi connectivity index (χ0n) is 52.2. The van der Waals surface area contributed by atoms with Crippen LogP contribution < -0.4 is 24.2 Å². The maximum absolute atomic E-state index is 6.55. The average Bonchev–Trinajstić information content (AvgIpc) is 1.01. The molecule has 0 radical (unpaired) electrons. The fourth-order valence-corrected chi connectivity index (χ4v) is 12.4. The van der Waals surface area contributed by atoms with Gasteiger partial charge in [-0.25, -0.2) is 0 Å². The van der Waals surface area contributed by atoms with Crippen LogP contribution in [0.5, 0.6) is 23.0 Å². The molecule has 15 aromatic rings. The van der Waals surface area contributed by atoms with Crippen molar-refractivity contribution in [3.63, 3.8) is 0 Å². The number of hydrogen-bond acceptors (Lipinski definition) is 5. The summed E-state index contributed by atoms with van der Waals surface area (Å²) in [4.78, 5) is 6.79. The normalized spacial score (nSPS) is 10.9. The number of benzene rings is 15. The Morgan fingerprint density at radius 3 is 0.463 bits per heavy atom. The first-order chi connectivity index (χ1) is 47.0. The van der Waals surface area contributed by atoms with Crippen molar-refractivity contribution in [1.29, 1.82) is 0 Å². The van der Waals surface area contributed by atoms with Crippen molar-refractivity contribution >= 4 is 51.2 Å². The number of hydrogen-bond donors (Lipinski definition) is 0. The van der Waals surface area contributed by atoms with Gasteiger partial charge in [0.2, 0.25) is 0 Å². The van der Waals surface area contributed by atoms with Crippen LogP contribution in [-0.4, -0.2) is 0 Å². The summed E-state index contributed by atoms with van der Waals surface area (Å²) in [5.74, 6) is 2.94. The van der Waals surface area contributed by atoms with Gasteiger partial charge in [0, 0.05) is 51.2 Å². The van der Waals surface area contributed by atoms with Crippen molar-refractivity contribution in [2.75, 3.05) is 14.7 Å². The molecule has 0 aliphatic rings. The van der Waals surface area contributed by atoms with Gasteiger partial charge in [0.25, 0.3) is 0 Å². The Balaban J connectivity index is 0.635. The second kappa shape index (κ2) is 27.4. The van der Waals surface area contributed by atoms with Crippen LogP contribution in [0.4, 0.5) is 51.2 Å². The molecule has 0 aliphatic heterocycles. The predicted octanol–water partition coefficient (Wildman–Crippen LogP) is 25.7. The third kappa shape index (κ3) is 13.4. The summed E-state index contributed by atoms with van der Waals surface area (Å²) >= 11 is 0. The highest BCUT2D eigenvalue weighted by Gasteiger charge is 2.19. The largest absolute Gasteiger partial charge is 0.457 e. The minimum atomic E-state index is 0.731. The zero-order valence-corrected chi connectivity index (χ0v) is 52.2. The molecule has 15 aromatic carbocycles. The summed E-state index contributed by atoms with van der Waals surface area (Å²) in [6.07, 6.45) is 0. The quantitative estimate of drug-likeness (QED) is 0.0805. The summed E-state index contributed by atoms with van der Waals surface area (Å²) in [7, 11) is 0. The van der Waals surface area contributed by atoms with E-state index in [0.29, 0.717) is 0 Å². The third-order valence-electron chi connectivity index (χ3n) is 17.1. The monoisotopic (exact) mass is 1220 g/mol. The Hall–Kier alpha value is -12.7. The molecule has 0 fully saturated rings. The Labute approximate surface area is 556 Å². The first kappa shape index (κ1) is 58.7. The fraction of sp³-hybridized carbons (Fsp3) is 0. The molecular weight excluding hydrogens is 1160 g/mol. The maximum Gasteiger partial charge on any atom is 0.127 e. The molecule has 15 rings (SSSR count). The van der Waals surface area contributed by atoms with E-state index < -0.39 is 0 Å². The van der Waals surface area contributed by atoms with Gasteiger partial charge in [-0.15, -0.1) is 0 Å². The van der Waals surface area contributed by atoms with E-state index >= 15 is 0 Å². The molecule has 0 spiro atoms. The van der Waals surface area contributed by atoms with E-state index in [1.54, 1.807) is 0 Å². The van der Waals surface area contributed by atoms with Crippen molar-refractivity contribution in [2.24, 2.45) is 0 Å². The van der Waals surface area contributed by atoms with Gasteiger partial charge in [-0.05, 0) is 261 Å². The molecule has 0 amide bonds. The first-order valence-electron chi connectivity index (χ1n) is 32.1. The van der Waals surface area contributed by atoms with Crippen LogP contribution in [0.1, 0.15) is 0 Å². The molecule has 95 heavy (non-hydrogen) atoms. The van der Waals surface area contributed by atoms with Gasteiger partial charge in [-0.2, -0.15) is 0 Å². The van der Waals surface area contributed by atoms with Gasteiger partial charge in [-0.1, -0.05) is 200 Å². The second-order valence-electron chi connectivity index (χ2n) is 23.3. The Kier molecular flexibility index (Phi) is 16.9. The third-order valence-corrected chi connectivity index (χ3v) is 17.1. The van der Waals surface area contributed by atoms with Crippen LogP contribution in [-0.2, 0) is 0 Å². The van der Waals surface area contributed by atoms with Crippen molar-refractivity contribution in [3.05, 3.63) is 394 Å². The van der Waals surface area contributed by atoms with Crippen molar-refractivity contribution in [3.8, 4) is 89.8 Å². The Morgan fingerprint density at radius 1 is 0.126 bits per heavy atom. The van der Waals surface area contributed by atoms with Crippen LogP contribution >= 0.6 is 0 Å². The van der Waals surface area contributed by atoms with Crippen LogP contribution in [0.25, 0.3) is 66.8 Å². The van der Waals surface area contributed by atoms with Crippen LogP contribution in [0.15, 0.2) is 394 Å². The SMILES string of the molecule is c1ccc(-c2cc(-c3ccccc3)cc(-c3ccc(N(c4ccccc4)c4ccc(Oc5ccc(N(c6ccccc6)c6ccc(Oc7ccc(N(c8ccccc8)c8ccc(-c9cc(-c%10ccccc%10)cc(-c%10ccccc%10)c9)cc8)cc7)cc6)cc5)cc4)cc3)c2)cc1. The molecule has 0 aromatic heterocycles. The standard InChI is InChI=1S/C90H65N3O2/c1-8-22-66(23-9-1)72-60-73(67-24-10-2-11-25-67)63-76(62-72)70-36-40-81(41-37-70)91(78-30-16-5-17-31-78)83-44-52-87(53-45-83)94-89-56-48-85(49-57-89)93(80-34-20-7-21-35-80)86-50-58-90(59-51-86)95-88-54-46-84(47-55-88)92(79-32-18-6-19-33-79)82-42-38-71(39-43-82)77-64-74(68-26-12-3-13-27-68)61-75(65-77)69-28-14-4-15-29-69/h1-65H. The minimum absolute atomic E-state index is 0.731. The van der Waals surface area contributed by atoms with E-state index in [-0.39, 0.29) is 0 Å². The lowest BCUT2D eigenvalue weighted by molar-refractivity contribution is 0.482. The first-order valence-corrected chi connectivity index (χ1v) is 32.1. The summed E-state index contributed by atoms with van der Waals surface area (Å²) in [6, 6.07) is 138. The lowest BCUT2D eigenvalue weighted by atomic mass is 9.93.